The van der Waals surface area contributed by atoms with Crippen molar-refractivity contribution in [3.05, 3.63) is 42.4 Å². The van der Waals surface area contributed by atoms with Gasteiger partial charge in [-0.1, -0.05) is 6.07 Å². The molecule has 0 radical (unpaired) electrons. The molecule has 0 fully saturated rings. The molecule has 3 heterocycles. The highest BCUT2D eigenvalue weighted by atomic mass is 16.5. The van der Waals surface area contributed by atoms with Crippen LogP contribution in [0, 0.1) is 6.92 Å². The van der Waals surface area contributed by atoms with Crippen LogP contribution in [-0.4, -0.2) is 22.1 Å². The lowest BCUT2D eigenvalue weighted by molar-refractivity contribution is 0.418. The number of nitrogens with one attached hydrogen (secondary N) is 1. The van der Waals surface area contributed by atoms with Gasteiger partial charge in [0.2, 0.25) is 0 Å². The summed E-state index contributed by atoms with van der Waals surface area (Å²) in [6.07, 6.45) is 3.61. The topological polar surface area (TPSA) is 50.8 Å². The van der Waals surface area contributed by atoms with E-state index in [1.165, 1.54) is 0 Å². The summed E-state index contributed by atoms with van der Waals surface area (Å²) >= 11 is 0. The Balaban J connectivity index is 2.27. The van der Waals surface area contributed by atoms with Gasteiger partial charge in [-0.25, -0.2) is 4.98 Å². The summed E-state index contributed by atoms with van der Waals surface area (Å²) < 4.78 is 5.30. The first kappa shape index (κ1) is 10.8. The van der Waals surface area contributed by atoms with Crippen LogP contribution in [0.2, 0.25) is 0 Å². The molecule has 0 unspecified atom stereocenters. The van der Waals surface area contributed by atoms with Crippen molar-refractivity contribution in [1.29, 1.82) is 0 Å². The van der Waals surface area contributed by atoms with Gasteiger partial charge in [0.15, 0.2) is 0 Å². The number of ether oxygens (including phenoxy) is 1. The normalized spacial score (nSPS) is 10.8. The van der Waals surface area contributed by atoms with Gasteiger partial charge in [-0.05, 0) is 25.1 Å². The van der Waals surface area contributed by atoms with Gasteiger partial charge in [-0.3, -0.25) is 4.98 Å². The number of H-pyrrole nitrogens is 1. The number of aromatic nitrogens is 3. The van der Waals surface area contributed by atoms with Crippen molar-refractivity contribution in [2.75, 3.05) is 7.11 Å². The Morgan fingerprint density at radius 2 is 2.11 bits per heavy atom. The number of rotatable bonds is 2. The number of pyridine rings is 2. The lowest BCUT2D eigenvalue weighted by atomic mass is 10.2. The third-order valence-electron chi connectivity index (χ3n) is 2.91. The van der Waals surface area contributed by atoms with E-state index in [0.29, 0.717) is 0 Å². The van der Waals surface area contributed by atoms with E-state index in [1.807, 2.05) is 37.4 Å². The van der Waals surface area contributed by atoms with E-state index >= 15 is 0 Å². The fourth-order valence-electron chi connectivity index (χ4n) is 2.06. The quantitative estimate of drug-likeness (QED) is 0.748. The molecular formula is C14H13N3O. The highest BCUT2D eigenvalue weighted by molar-refractivity contribution is 5.94. The van der Waals surface area contributed by atoms with Gasteiger partial charge in [0, 0.05) is 17.3 Å². The van der Waals surface area contributed by atoms with Crippen molar-refractivity contribution < 1.29 is 4.74 Å². The summed E-state index contributed by atoms with van der Waals surface area (Å²) in [5.74, 6) is 0.766. The Morgan fingerprint density at radius 3 is 2.89 bits per heavy atom. The van der Waals surface area contributed by atoms with E-state index in [1.54, 1.807) is 13.3 Å². The Kier molecular flexibility index (Phi) is 2.48. The summed E-state index contributed by atoms with van der Waals surface area (Å²) in [7, 11) is 1.65. The molecule has 0 spiro atoms. The van der Waals surface area contributed by atoms with Crippen molar-refractivity contribution >= 4 is 10.9 Å². The van der Waals surface area contributed by atoms with Crippen LogP contribution in [0.15, 0.2) is 36.7 Å². The first-order valence-corrected chi connectivity index (χ1v) is 5.73. The average molecular weight is 239 g/mol. The van der Waals surface area contributed by atoms with Gasteiger partial charge in [0.25, 0.3) is 0 Å². The predicted octanol–water partition coefficient (Wildman–Crippen LogP) is 2.94. The molecule has 4 heteroatoms. The first-order valence-electron chi connectivity index (χ1n) is 5.73. The van der Waals surface area contributed by atoms with E-state index in [4.69, 9.17) is 4.74 Å². The highest BCUT2D eigenvalue weighted by Crippen LogP contribution is 2.30. The molecule has 0 saturated carbocycles. The summed E-state index contributed by atoms with van der Waals surface area (Å²) in [5.41, 5.74) is 3.64. The van der Waals surface area contributed by atoms with Crippen molar-refractivity contribution in [1.82, 2.24) is 15.0 Å². The number of aromatic amines is 1. The van der Waals surface area contributed by atoms with E-state index in [-0.39, 0.29) is 0 Å². The van der Waals surface area contributed by atoms with Gasteiger partial charge >= 0.3 is 0 Å². The largest absolute Gasteiger partial charge is 0.494 e. The fourth-order valence-corrected chi connectivity index (χ4v) is 2.06. The highest BCUT2D eigenvalue weighted by Gasteiger charge is 2.11. The van der Waals surface area contributed by atoms with E-state index in [2.05, 4.69) is 15.0 Å². The van der Waals surface area contributed by atoms with Crippen molar-refractivity contribution in [3.8, 4) is 17.1 Å². The SMILES string of the molecule is COc1cnc(-c2cccc(C)n2)c2[nH]ccc12. The van der Waals surface area contributed by atoms with Crippen LogP contribution in [0.3, 0.4) is 0 Å². The molecule has 1 N–H and O–H groups in total. The van der Waals surface area contributed by atoms with Gasteiger partial charge in [-0.2, -0.15) is 0 Å². The zero-order valence-corrected chi connectivity index (χ0v) is 10.3. The van der Waals surface area contributed by atoms with Crippen LogP contribution in [0.4, 0.5) is 0 Å². The number of aryl methyl sites for hydroxylation is 1. The predicted molar refractivity (Wildman–Crippen MR) is 70.6 cm³/mol. The third kappa shape index (κ3) is 1.62. The van der Waals surface area contributed by atoms with Crippen molar-refractivity contribution in [2.45, 2.75) is 6.92 Å². The summed E-state index contributed by atoms with van der Waals surface area (Å²) in [4.78, 5) is 12.1. The molecule has 0 saturated heterocycles. The maximum atomic E-state index is 5.30. The molecule has 0 amide bonds. The zero-order chi connectivity index (χ0) is 12.5. The molecule has 4 nitrogen and oxygen atoms in total. The van der Waals surface area contributed by atoms with Gasteiger partial charge in [0.1, 0.15) is 11.4 Å². The minimum absolute atomic E-state index is 0.766. The molecule has 0 bridgehead atoms. The fraction of sp³-hybridized carbons (Fsp3) is 0.143. The molecule has 90 valence electrons. The Labute approximate surface area is 105 Å². The second-order valence-electron chi connectivity index (χ2n) is 4.11. The van der Waals surface area contributed by atoms with Gasteiger partial charge < -0.3 is 9.72 Å². The summed E-state index contributed by atoms with van der Waals surface area (Å²) in [6, 6.07) is 7.90. The average Bonchev–Trinajstić information content (AvgIpc) is 2.86. The van der Waals surface area contributed by atoms with Crippen molar-refractivity contribution in [3.63, 3.8) is 0 Å². The Morgan fingerprint density at radius 1 is 1.22 bits per heavy atom. The summed E-state index contributed by atoms with van der Waals surface area (Å²) in [5, 5.41) is 1.02. The second-order valence-corrected chi connectivity index (χ2v) is 4.11. The monoisotopic (exact) mass is 239 g/mol. The third-order valence-corrected chi connectivity index (χ3v) is 2.91. The smallest absolute Gasteiger partial charge is 0.146 e. The number of methoxy groups -OCH3 is 1. The summed E-state index contributed by atoms with van der Waals surface area (Å²) in [6.45, 7) is 1.97. The zero-order valence-electron chi connectivity index (χ0n) is 10.3. The molecular weight excluding hydrogens is 226 g/mol. The van der Waals surface area contributed by atoms with Crippen LogP contribution in [0.25, 0.3) is 22.3 Å². The van der Waals surface area contributed by atoms with Crippen LogP contribution < -0.4 is 4.74 Å². The molecule has 0 atom stereocenters. The van der Waals surface area contributed by atoms with E-state index in [0.717, 1.165) is 33.7 Å². The van der Waals surface area contributed by atoms with Gasteiger partial charge in [-0.15, -0.1) is 0 Å². The number of hydrogen-bond acceptors (Lipinski definition) is 3. The lowest BCUT2D eigenvalue weighted by Crippen LogP contribution is -1.93. The second kappa shape index (κ2) is 4.14. The Hall–Kier alpha value is -2.36. The molecule has 0 aliphatic carbocycles. The molecule has 0 aromatic carbocycles. The van der Waals surface area contributed by atoms with Crippen LogP contribution >= 0.6 is 0 Å². The lowest BCUT2D eigenvalue weighted by Gasteiger charge is -2.06. The molecule has 0 aliphatic heterocycles. The molecule has 0 aliphatic rings. The van der Waals surface area contributed by atoms with Gasteiger partial charge in [0.05, 0.1) is 24.5 Å². The number of hydrogen-bond donors (Lipinski definition) is 1. The van der Waals surface area contributed by atoms with E-state index in [9.17, 15) is 0 Å². The Bertz CT molecular complexity index is 703. The van der Waals surface area contributed by atoms with Crippen LogP contribution in [0.5, 0.6) is 5.75 Å². The molecule has 3 aromatic rings. The van der Waals surface area contributed by atoms with E-state index < -0.39 is 0 Å². The molecule has 18 heavy (non-hydrogen) atoms. The number of nitrogens with zero attached hydrogens (tertiary/aromatic N) is 2. The minimum atomic E-state index is 0.766. The standard InChI is InChI=1S/C14H13N3O/c1-9-4-3-5-11(17-9)14-13-10(6-7-15-13)12(18-2)8-16-14/h3-8,15H,1-2H3. The molecule has 3 rings (SSSR count). The number of fused-ring (bicyclic) bond motifs is 1. The minimum Gasteiger partial charge on any atom is -0.494 e. The maximum Gasteiger partial charge on any atom is 0.146 e. The van der Waals surface area contributed by atoms with Crippen LogP contribution in [-0.2, 0) is 0 Å². The molecule has 3 aromatic heterocycles. The first-order chi connectivity index (χ1) is 8.79. The van der Waals surface area contributed by atoms with Crippen LogP contribution in [0.1, 0.15) is 5.69 Å². The maximum absolute atomic E-state index is 5.30. The van der Waals surface area contributed by atoms with Crippen molar-refractivity contribution in [2.24, 2.45) is 0 Å².